The zero-order valence-electron chi connectivity index (χ0n) is 12.8. The second kappa shape index (κ2) is 6.31. The third kappa shape index (κ3) is 3.55. The van der Waals surface area contributed by atoms with Gasteiger partial charge in [-0.15, -0.1) is 0 Å². The lowest BCUT2D eigenvalue weighted by molar-refractivity contribution is -0.196. The quantitative estimate of drug-likeness (QED) is 0.313. The zero-order chi connectivity index (χ0) is 16.4. The SMILES string of the molecule is C=CC(=O)OCC(=O)OCOC12CC3CC(C1)OC(=O)C(C3)C2. The van der Waals surface area contributed by atoms with Crippen LogP contribution in [0.1, 0.15) is 32.1 Å². The van der Waals surface area contributed by atoms with Crippen LogP contribution >= 0.6 is 0 Å². The van der Waals surface area contributed by atoms with Crippen LogP contribution in [-0.4, -0.2) is 43.0 Å². The van der Waals surface area contributed by atoms with E-state index in [-0.39, 0.29) is 24.8 Å². The molecule has 126 valence electrons. The number of fused-ring (bicyclic) bond motifs is 1. The summed E-state index contributed by atoms with van der Waals surface area (Å²) in [6.45, 7) is 2.54. The minimum atomic E-state index is -0.685. The maximum absolute atomic E-state index is 11.9. The van der Waals surface area contributed by atoms with Crippen LogP contribution in [0, 0.1) is 11.8 Å². The maximum Gasteiger partial charge on any atom is 0.346 e. The van der Waals surface area contributed by atoms with Gasteiger partial charge in [-0.25, -0.2) is 9.59 Å². The van der Waals surface area contributed by atoms with E-state index in [0.29, 0.717) is 18.8 Å². The van der Waals surface area contributed by atoms with Gasteiger partial charge in [-0.1, -0.05) is 6.58 Å². The Kier molecular flexibility index (Phi) is 4.39. The monoisotopic (exact) mass is 324 g/mol. The highest BCUT2D eigenvalue weighted by molar-refractivity contribution is 5.83. The maximum atomic E-state index is 11.9. The van der Waals surface area contributed by atoms with Gasteiger partial charge in [0.15, 0.2) is 13.4 Å². The van der Waals surface area contributed by atoms with Crippen molar-refractivity contribution in [1.29, 1.82) is 0 Å². The number of hydrogen-bond acceptors (Lipinski definition) is 7. The molecule has 0 radical (unpaired) electrons. The van der Waals surface area contributed by atoms with E-state index in [1.54, 1.807) is 0 Å². The van der Waals surface area contributed by atoms with E-state index in [2.05, 4.69) is 11.3 Å². The molecule has 2 saturated heterocycles. The lowest BCUT2D eigenvalue weighted by Crippen LogP contribution is -2.47. The lowest BCUT2D eigenvalue weighted by Gasteiger charge is -2.45. The predicted octanol–water partition coefficient (Wildman–Crippen LogP) is 1.11. The van der Waals surface area contributed by atoms with Crippen LogP contribution < -0.4 is 0 Å². The van der Waals surface area contributed by atoms with E-state index in [1.165, 1.54) is 0 Å². The van der Waals surface area contributed by atoms with E-state index in [1.807, 2.05) is 0 Å². The van der Waals surface area contributed by atoms with Crippen molar-refractivity contribution in [2.75, 3.05) is 13.4 Å². The van der Waals surface area contributed by atoms with Crippen molar-refractivity contribution in [3.05, 3.63) is 12.7 Å². The number of esters is 3. The highest BCUT2D eigenvalue weighted by atomic mass is 16.7. The molecule has 4 atom stereocenters. The normalized spacial score (nSPS) is 34.4. The Morgan fingerprint density at radius 1 is 1.26 bits per heavy atom. The number of hydrogen-bond donors (Lipinski definition) is 0. The van der Waals surface area contributed by atoms with Gasteiger partial charge in [-0.2, -0.15) is 0 Å². The third-order valence-corrected chi connectivity index (χ3v) is 4.79. The van der Waals surface area contributed by atoms with Crippen LogP contribution in [0.25, 0.3) is 0 Å². The van der Waals surface area contributed by atoms with Gasteiger partial charge >= 0.3 is 17.9 Å². The molecule has 0 aromatic carbocycles. The predicted molar refractivity (Wildman–Crippen MR) is 75.9 cm³/mol. The summed E-state index contributed by atoms with van der Waals surface area (Å²) in [5.41, 5.74) is -0.458. The average molecular weight is 324 g/mol. The van der Waals surface area contributed by atoms with Gasteiger partial charge in [0.1, 0.15) is 6.10 Å². The van der Waals surface area contributed by atoms with Crippen LogP contribution in [0.2, 0.25) is 0 Å². The lowest BCUT2D eigenvalue weighted by atomic mass is 9.65. The van der Waals surface area contributed by atoms with Gasteiger partial charge in [0.25, 0.3) is 0 Å². The molecule has 0 amide bonds. The Morgan fingerprint density at radius 3 is 2.87 bits per heavy atom. The molecule has 7 nitrogen and oxygen atoms in total. The van der Waals surface area contributed by atoms with Crippen LogP contribution in [0.4, 0.5) is 0 Å². The van der Waals surface area contributed by atoms with Crippen LogP contribution in [0.15, 0.2) is 12.7 Å². The fraction of sp³-hybridized carbons (Fsp3) is 0.688. The molecule has 4 rings (SSSR count). The Labute approximate surface area is 133 Å². The molecular weight excluding hydrogens is 304 g/mol. The molecular formula is C16H20O7. The molecule has 2 aliphatic carbocycles. The number of rotatable bonds is 6. The molecule has 0 aromatic heterocycles. The molecule has 2 saturated carbocycles. The van der Waals surface area contributed by atoms with Crippen molar-refractivity contribution in [1.82, 2.24) is 0 Å². The van der Waals surface area contributed by atoms with Crippen molar-refractivity contribution in [2.24, 2.45) is 11.8 Å². The molecule has 4 unspecified atom stereocenters. The van der Waals surface area contributed by atoms with E-state index in [0.717, 1.165) is 25.3 Å². The van der Waals surface area contributed by atoms with Gasteiger partial charge in [-0.3, -0.25) is 4.79 Å². The molecule has 23 heavy (non-hydrogen) atoms. The average Bonchev–Trinajstić information content (AvgIpc) is 2.66. The fourth-order valence-electron chi connectivity index (χ4n) is 4.00. The van der Waals surface area contributed by atoms with Crippen molar-refractivity contribution in [3.8, 4) is 0 Å². The standard InChI is InChI=1S/C16H20O7/c1-2-13(17)20-8-14(18)21-9-22-16-5-10-3-11(6-16)15(19)23-12(4-10)7-16/h2,10-12H,1,3-9H2. The summed E-state index contributed by atoms with van der Waals surface area (Å²) >= 11 is 0. The number of ether oxygens (including phenoxy) is 4. The first kappa shape index (κ1) is 16.0. The van der Waals surface area contributed by atoms with E-state index in [9.17, 15) is 14.4 Å². The Bertz CT molecular complexity index is 529. The topological polar surface area (TPSA) is 88.1 Å². The largest absolute Gasteiger partial charge is 0.462 e. The van der Waals surface area contributed by atoms with Crippen molar-refractivity contribution >= 4 is 17.9 Å². The van der Waals surface area contributed by atoms with Crippen LogP contribution in [0.3, 0.4) is 0 Å². The van der Waals surface area contributed by atoms with Gasteiger partial charge in [-0.05, 0) is 31.6 Å². The second-order valence-electron chi connectivity index (χ2n) is 6.48. The number of carbonyl (C=O) groups is 3. The molecule has 7 heteroatoms. The Morgan fingerprint density at radius 2 is 2.09 bits per heavy atom. The molecule has 0 N–H and O–H groups in total. The molecule has 4 fully saturated rings. The first-order valence-electron chi connectivity index (χ1n) is 7.79. The van der Waals surface area contributed by atoms with Gasteiger partial charge < -0.3 is 18.9 Å². The summed E-state index contributed by atoms with van der Waals surface area (Å²) in [4.78, 5) is 34.3. The third-order valence-electron chi connectivity index (χ3n) is 4.79. The molecule has 2 heterocycles. The van der Waals surface area contributed by atoms with E-state index in [4.69, 9.17) is 14.2 Å². The Balaban J connectivity index is 1.50. The molecule has 4 aliphatic rings. The van der Waals surface area contributed by atoms with Crippen molar-refractivity contribution in [2.45, 2.75) is 43.8 Å². The minimum Gasteiger partial charge on any atom is -0.462 e. The number of carbonyl (C=O) groups excluding carboxylic acids is 3. The highest BCUT2D eigenvalue weighted by Crippen LogP contribution is 2.51. The molecule has 0 aromatic rings. The first-order chi connectivity index (χ1) is 11.0. The van der Waals surface area contributed by atoms with Gasteiger partial charge in [0.2, 0.25) is 0 Å². The van der Waals surface area contributed by atoms with Gasteiger partial charge in [0, 0.05) is 12.5 Å². The van der Waals surface area contributed by atoms with E-state index >= 15 is 0 Å². The molecule has 0 spiro atoms. The Hall–Kier alpha value is -1.89. The van der Waals surface area contributed by atoms with Gasteiger partial charge in [0.05, 0.1) is 11.5 Å². The minimum absolute atomic E-state index is 0.0991. The van der Waals surface area contributed by atoms with Crippen molar-refractivity contribution < 1.29 is 33.3 Å². The van der Waals surface area contributed by atoms with Crippen LogP contribution in [-0.2, 0) is 33.3 Å². The first-order valence-corrected chi connectivity index (χ1v) is 7.79. The second-order valence-corrected chi connectivity index (χ2v) is 6.48. The van der Waals surface area contributed by atoms with Crippen molar-refractivity contribution in [3.63, 3.8) is 0 Å². The zero-order valence-corrected chi connectivity index (χ0v) is 12.8. The summed E-state index contributed by atoms with van der Waals surface area (Å²) < 4.78 is 20.8. The summed E-state index contributed by atoms with van der Waals surface area (Å²) in [6, 6.07) is 0. The smallest absolute Gasteiger partial charge is 0.346 e. The summed E-state index contributed by atoms with van der Waals surface area (Å²) in [5, 5.41) is 0. The fourth-order valence-corrected chi connectivity index (χ4v) is 4.00. The summed E-state index contributed by atoms with van der Waals surface area (Å²) in [6.07, 6.45) is 4.75. The highest BCUT2D eigenvalue weighted by Gasteiger charge is 2.53. The van der Waals surface area contributed by atoms with E-state index < -0.39 is 24.1 Å². The molecule has 2 aliphatic heterocycles. The summed E-state index contributed by atoms with van der Waals surface area (Å²) in [5.74, 6) is -1.20. The molecule has 4 bridgehead atoms. The van der Waals surface area contributed by atoms with Crippen LogP contribution in [0.5, 0.6) is 0 Å². The summed E-state index contributed by atoms with van der Waals surface area (Å²) in [7, 11) is 0.